The maximum atomic E-state index is 2.46. The first-order chi connectivity index (χ1) is 21.8. The van der Waals surface area contributed by atoms with E-state index in [0.717, 1.165) is 0 Å². The predicted octanol–water partition coefficient (Wildman–Crippen LogP) is 12.3. The maximum Gasteiger partial charge on any atom is 0.0355 e. The van der Waals surface area contributed by atoms with Crippen molar-refractivity contribution in [3.8, 4) is 22.3 Å². The summed E-state index contributed by atoms with van der Waals surface area (Å²) in [6.07, 6.45) is 0. The zero-order valence-electron chi connectivity index (χ0n) is 23.9. The molecule has 1 heterocycles. The normalized spacial score (nSPS) is 12.9. The van der Waals surface area contributed by atoms with Gasteiger partial charge in [-0.05, 0) is 102 Å². The molecule has 44 heavy (non-hydrogen) atoms. The summed E-state index contributed by atoms with van der Waals surface area (Å²) in [6, 6.07) is 56.7. The van der Waals surface area contributed by atoms with Crippen molar-refractivity contribution in [2.45, 2.75) is 5.92 Å². The molecule has 0 nitrogen and oxygen atoms in total. The molecule has 8 aromatic carbocycles. The van der Waals surface area contributed by atoms with E-state index in [-0.39, 0.29) is 5.92 Å². The minimum absolute atomic E-state index is 0.258. The lowest BCUT2D eigenvalue weighted by molar-refractivity contribution is 1.02. The molecule has 1 heteroatoms. The maximum absolute atomic E-state index is 2.46. The van der Waals surface area contributed by atoms with Gasteiger partial charge < -0.3 is 0 Å². The van der Waals surface area contributed by atoms with Gasteiger partial charge in [0.05, 0.1) is 0 Å². The molecule has 204 valence electrons. The summed E-state index contributed by atoms with van der Waals surface area (Å²) in [7, 11) is 0. The average molecular weight is 575 g/mol. The van der Waals surface area contributed by atoms with Crippen molar-refractivity contribution in [3.63, 3.8) is 0 Å². The molecular weight excluding hydrogens is 549 g/mol. The highest BCUT2D eigenvalue weighted by molar-refractivity contribution is 7.25. The van der Waals surface area contributed by atoms with Gasteiger partial charge in [-0.2, -0.15) is 0 Å². The van der Waals surface area contributed by atoms with Crippen LogP contribution in [-0.2, 0) is 0 Å². The van der Waals surface area contributed by atoms with E-state index < -0.39 is 0 Å². The molecular formula is C43H26S. The Bertz CT molecular complexity index is 2540. The molecule has 0 fully saturated rings. The molecule has 0 spiro atoms. The van der Waals surface area contributed by atoms with Crippen LogP contribution in [0.2, 0.25) is 0 Å². The van der Waals surface area contributed by atoms with E-state index in [1.807, 2.05) is 11.3 Å². The molecule has 0 atom stereocenters. The fourth-order valence-electron chi connectivity index (χ4n) is 7.76. The average Bonchev–Trinajstić information content (AvgIpc) is 3.63. The first kappa shape index (κ1) is 24.2. The van der Waals surface area contributed by atoms with Crippen LogP contribution in [0.15, 0.2) is 152 Å². The van der Waals surface area contributed by atoms with Crippen molar-refractivity contribution in [2.75, 3.05) is 0 Å². The number of hydrogen-bond acceptors (Lipinski definition) is 1. The zero-order valence-corrected chi connectivity index (χ0v) is 24.7. The summed E-state index contributed by atoms with van der Waals surface area (Å²) in [5.41, 5.74) is 9.43. The molecule has 1 aromatic heterocycles. The molecule has 0 bridgehead atoms. The van der Waals surface area contributed by atoms with E-state index in [1.165, 1.54) is 91.4 Å². The molecule has 0 amide bonds. The lowest BCUT2D eigenvalue weighted by Gasteiger charge is -2.14. The van der Waals surface area contributed by atoms with Crippen LogP contribution in [0.3, 0.4) is 0 Å². The number of fused-ring (bicyclic) bond motifs is 12. The van der Waals surface area contributed by atoms with Crippen molar-refractivity contribution in [1.29, 1.82) is 0 Å². The van der Waals surface area contributed by atoms with Gasteiger partial charge in [-0.1, -0.05) is 121 Å². The summed E-state index contributed by atoms with van der Waals surface area (Å²) in [5.74, 6) is 0.258. The van der Waals surface area contributed by atoms with E-state index in [9.17, 15) is 0 Å². The monoisotopic (exact) mass is 574 g/mol. The quantitative estimate of drug-likeness (QED) is 0.180. The largest absolute Gasteiger partial charge is 0.135 e. The van der Waals surface area contributed by atoms with Crippen molar-refractivity contribution >= 4 is 63.8 Å². The van der Waals surface area contributed by atoms with Gasteiger partial charge in [0, 0.05) is 26.1 Å². The Balaban J connectivity index is 1.16. The second-order valence-electron chi connectivity index (χ2n) is 12.0. The summed E-state index contributed by atoms with van der Waals surface area (Å²) in [6.45, 7) is 0. The number of thiophene rings is 1. The third-order valence-corrected chi connectivity index (χ3v) is 10.9. The van der Waals surface area contributed by atoms with Gasteiger partial charge in [-0.25, -0.2) is 0 Å². The van der Waals surface area contributed by atoms with Crippen LogP contribution in [0, 0.1) is 0 Å². The highest BCUT2D eigenvalue weighted by Gasteiger charge is 2.29. The standard InChI is InChI=1S/C43H26S/c1-2-11-31-29(9-1)30-10-3-4-14-34(30)38-23-26(17-20-35(31)38)27-18-21-41-39(24-27)40-25-28(19-22-42(40)44-41)43-36-15-7-5-12-32(36)33-13-6-8-16-37(33)43/h1-25,43H. The predicted molar refractivity (Wildman–Crippen MR) is 190 cm³/mol. The molecule has 1 aliphatic rings. The van der Waals surface area contributed by atoms with Crippen molar-refractivity contribution in [3.05, 3.63) is 168 Å². The second-order valence-corrected chi connectivity index (χ2v) is 13.1. The lowest BCUT2D eigenvalue weighted by atomic mass is 9.88. The molecule has 9 aromatic rings. The second kappa shape index (κ2) is 9.13. The van der Waals surface area contributed by atoms with Gasteiger partial charge >= 0.3 is 0 Å². The smallest absolute Gasteiger partial charge is 0.0355 e. The van der Waals surface area contributed by atoms with Crippen molar-refractivity contribution in [2.24, 2.45) is 0 Å². The number of rotatable bonds is 2. The fraction of sp³-hybridized carbons (Fsp3) is 0.0233. The van der Waals surface area contributed by atoms with E-state index in [2.05, 4.69) is 152 Å². The van der Waals surface area contributed by atoms with Gasteiger partial charge in [-0.3, -0.25) is 0 Å². The molecule has 0 saturated heterocycles. The first-order valence-electron chi connectivity index (χ1n) is 15.3. The van der Waals surface area contributed by atoms with E-state index in [1.54, 1.807) is 0 Å². The minimum atomic E-state index is 0.258. The third kappa shape index (κ3) is 3.39. The van der Waals surface area contributed by atoms with Gasteiger partial charge in [-0.15, -0.1) is 11.3 Å². The zero-order chi connectivity index (χ0) is 28.8. The minimum Gasteiger partial charge on any atom is -0.135 e. The Morgan fingerprint density at radius 1 is 0.341 bits per heavy atom. The van der Waals surface area contributed by atoms with E-state index in [0.29, 0.717) is 0 Å². The van der Waals surface area contributed by atoms with Crippen molar-refractivity contribution in [1.82, 2.24) is 0 Å². The molecule has 0 radical (unpaired) electrons. The first-order valence-corrected chi connectivity index (χ1v) is 16.1. The van der Waals surface area contributed by atoms with Crippen LogP contribution < -0.4 is 0 Å². The SMILES string of the molecule is c1ccc2c(c1)-c1ccccc1C2c1ccc2sc3ccc(-c4ccc5c6ccccc6c6ccccc6c5c4)cc3c2c1. The molecule has 0 N–H and O–H groups in total. The molecule has 0 unspecified atom stereocenters. The molecule has 0 saturated carbocycles. The van der Waals surface area contributed by atoms with Gasteiger partial charge in [0.2, 0.25) is 0 Å². The Morgan fingerprint density at radius 3 is 1.43 bits per heavy atom. The van der Waals surface area contributed by atoms with Crippen LogP contribution in [-0.4, -0.2) is 0 Å². The van der Waals surface area contributed by atoms with Gasteiger partial charge in [0.25, 0.3) is 0 Å². The fourth-order valence-corrected chi connectivity index (χ4v) is 8.82. The van der Waals surface area contributed by atoms with Crippen LogP contribution >= 0.6 is 11.3 Å². The number of benzene rings is 8. The Labute approximate surface area is 259 Å². The Hall–Kier alpha value is -5.24. The summed E-state index contributed by atoms with van der Waals surface area (Å²) in [4.78, 5) is 0. The summed E-state index contributed by atoms with van der Waals surface area (Å²) < 4.78 is 2.68. The van der Waals surface area contributed by atoms with Crippen molar-refractivity contribution < 1.29 is 0 Å². The summed E-state index contributed by atoms with van der Waals surface area (Å²) >= 11 is 1.89. The molecule has 1 aliphatic carbocycles. The Kier molecular flexibility index (Phi) is 5.03. The number of hydrogen-bond donors (Lipinski definition) is 0. The van der Waals surface area contributed by atoms with Crippen LogP contribution in [0.25, 0.3) is 74.7 Å². The van der Waals surface area contributed by atoms with Crippen LogP contribution in [0.5, 0.6) is 0 Å². The van der Waals surface area contributed by atoms with Crippen LogP contribution in [0.1, 0.15) is 22.6 Å². The highest BCUT2D eigenvalue weighted by atomic mass is 32.1. The van der Waals surface area contributed by atoms with Gasteiger partial charge in [0.15, 0.2) is 0 Å². The Morgan fingerprint density at radius 2 is 0.795 bits per heavy atom. The van der Waals surface area contributed by atoms with Crippen LogP contribution in [0.4, 0.5) is 0 Å². The lowest BCUT2D eigenvalue weighted by Crippen LogP contribution is -1.98. The molecule has 10 rings (SSSR count). The van der Waals surface area contributed by atoms with E-state index in [4.69, 9.17) is 0 Å². The summed E-state index contributed by atoms with van der Waals surface area (Å²) in [5, 5.41) is 10.6. The van der Waals surface area contributed by atoms with Gasteiger partial charge in [0.1, 0.15) is 0 Å². The highest BCUT2D eigenvalue weighted by Crippen LogP contribution is 2.49. The van der Waals surface area contributed by atoms with E-state index >= 15 is 0 Å². The third-order valence-electron chi connectivity index (χ3n) is 9.74. The topological polar surface area (TPSA) is 0 Å². The molecule has 0 aliphatic heterocycles.